The van der Waals surface area contributed by atoms with Gasteiger partial charge in [-0.25, -0.2) is 4.79 Å². The van der Waals surface area contributed by atoms with Crippen LogP contribution in [-0.4, -0.2) is 40.5 Å². The van der Waals surface area contributed by atoms with Crippen molar-refractivity contribution in [2.75, 3.05) is 5.32 Å². The van der Waals surface area contributed by atoms with Crippen LogP contribution in [0.5, 0.6) is 0 Å². The van der Waals surface area contributed by atoms with E-state index in [1.165, 1.54) is 0 Å². The molecule has 1 aliphatic carbocycles. The van der Waals surface area contributed by atoms with Gasteiger partial charge in [-0.05, 0) is 80.6 Å². The lowest BCUT2D eigenvalue weighted by atomic mass is 10.00. The lowest BCUT2D eigenvalue weighted by molar-refractivity contribution is -0.141. The van der Waals surface area contributed by atoms with Crippen LogP contribution in [0.25, 0.3) is 16.8 Å². The highest BCUT2D eigenvalue weighted by Gasteiger charge is 2.43. The fraction of sp³-hybridized carbons (Fsp3) is 0.323. The van der Waals surface area contributed by atoms with Crippen molar-refractivity contribution in [3.8, 4) is 0 Å². The average molecular weight is 514 g/mol. The summed E-state index contributed by atoms with van der Waals surface area (Å²) in [5, 5.41) is 7.73. The summed E-state index contributed by atoms with van der Waals surface area (Å²) >= 11 is 0. The van der Waals surface area contributed by atoms with Crippen LogP contribution in [-0.2, 0) is 14.3 Å². The summed E-state index contributed by atoms with van der Waals surface area (Å²) in [6.07, 6.45) is 2.59. The van der Waals surface area contributed by atoms with Gasteiger partial charge in [0.2, 0.25) is 5.91 Å². The number of fused-ring (bicyclic) bond motifs is 1. The van der Waals surface area contributed by atoms with Crippen molar-refractivity contribution in [3.63, 3.8) is 0 Å². The Kier molecular flexibility index (Phi) is 7.86. The van der Waals surface area contributed by atoms with Gasteiger partial charge in [-0.1, -0.05) is 61.2 Å². The van der Waals surface area contributed by atoms with Crippen LogP contribution in [0.15, 0.2) is 73.3 Å². The number of nitrogens with zero attached hydrogens (tertiary/aromatic N) is 1. The molecule has 2 N–H and O–H groups in total. The maximum atomic E-state index is 13.9. The van der Waals surface area contributed by atoms with E-state index in [4.69, 9.17) is 4.74 Å². The van der Waals surface area contributed by atoms with E-state index in [1.54, 1.807) is 38.7 Å². The molecule has 1 aliphatic rings. The minimum absolute atomic E-state index is 0.106. The topological polar surface area (TPSA) is 87.7 Å². The molecule has 4 rings (SSSR count). The van der Waals surface area contributed by atoms with Crippen molar-refractivity contribution >= 4 is 40.4 Å². The molecule has 0 heterocycles. The number of alkyl carbamates (subject to hydrolysis) is 1. The Morgan fingerprint density at radius 3 is 2.37 bits per heavy atom. The third kappa shape index (κ3) is 6.59. The molecule has 3 aromatic rings. The van der Waals surface area contributed by atoms with Gasteiger partial charge in [0, 0.05) is 11.7 Å². The molecule has 7 nitrogen and oxygen atoms in total. The number of amides is 3. The van der Waals surface area contributed by atoms with Crippen molar-refractivity contribution in [2.24, 2.45) is 0 Å². The van der Waals surface area contributed by atoms with Crippen LogP contribution >= 0.6 is 0 Å². The molecule has 0 bridgehead atoms. The first kappa shape index (κ1) is 26.9. The van der Waals surface area contributed by atoms with Crippen molar-refractivity contribution in [2.45, 2.75) is 64.3 Å². The van der Waals surface area contributed by atoms with E-state index >= 15 is 0 Å². The zero-order valence-corrected chi connectivity index (χ0v) is 22.4. The third-order valence-corrected chi connectivity index (χ3v) is 6.30. The molecule has 198 valence electrons. The van der Waals surface area contributed by atoms with Gasteiger partial charge >= 0.3 is 6.09 Å². The van der Waals surface area contributed by atoms with Crippen LogP contribution in [0.2, 0.25) is 0 Å². The Balaban J connectivity index is 1.66. The Labute approximate surface area is 223 Å². The summed E-state index contributed by atoms with van der Waals surface area (Å²) in [5.41, 5.74) is 1.46. The largest absolute Gasteiger partial charge is 0.444 e. The van der Waals surface area contributed by atoms with Gasteiger partial charge in [0.05, 0.1) is 0 Å². The standard InChI is InChI=1S/C31H35N3O4/c1-6-21-10-9-13-24(18-21)27(28(35)33-25-15-14-22-11-7-8-12-23(22)19-25)34(26-16-17-26)29(36)20(2)32-30(37)38-31(3,4)5/h6-15,18-20,26-27H,1,16-17H2,2-5H3,(H,32,37)(H,33,35). The van der Waals surface area contributed by atoms with Crippen molar-refractivity contribution < 1.29 is 19.1 Å². The highest BCUT2D eigenvalue weighted by molar-refractivity contribution is 6.00. The van der Waals surface area contributed by atoms with Gasteiger partial charge in [0.25, 0.3) is 5.91 Å². The van der Waals surface area contributed by atoms with Gasteiger partial charge < -0.3 is 20.3 Å². The Bertz CT molecular complexity index is 1360. The number of anilines is 1. The van der Waals surface area contributed by atoms with Gasteiger partial charge in [0.15, 0.2) is 0 Å². The number of hydrogen-bond donors (Lipinski definition) is 2. The lowest BCUT2D eigenvalue weighted by Crippen LogP contribution is -2.52. The predicted molar refractivity (Wildman–Crippen MR) is 151 cm³/mol. The van der Waals surface area contributed by atoms with Gasteiger partial charge in [0.1, 0.15) is 17.7 Å². The van der Waals surface area contributed by atoms with Gasteiger partial charge in [-0.2, -0.15) is 0 Å². The Morgan fingerprint density at radius 1 is 1.00 bits per heavy atom. The van der Waals surface area contributed by atoms with Crippen LogP contribution in [0.1, 0.15) is 57.7 Å². The second-order valence-electron chi connectivity index (χ2n) is 10.7. The summed E-state index contributed by atoms with van der Waals surface area (Å²) in [7, 11) is 0. The molecule has 0 saturated heterocycles. The number of carbonyl (C=O) groups is 3. The van der Waals surface area contributed by atoms with Gasteiger partial charge in [-0.15, -0.1) is 0 Å². The molecule has 3 aromatic carbocycles. The number of nitrogens with one attached hydrogen (secondary N) is 2. The zero-order valence-electron chi connectivity index (χ0n) is 22.4. The summed E-state index contributed by atoms with van der Waals surface area (Å²) < 4.78 is 5.34. The average Bonchev–Trinajstić information content (AvgIpc) is 3.70. The molecule has 0 aliphatic heterocycles. The normalized spacial score (nSPS) is 14.7. The summed E-state index contributed by atoms with van der Waals surface area (Å²) in [6.45, 7) is 10.7. The van der Waals surface area contributed by atoms with Gasteiger partial charge in [-0.3, -0.25) is 9.59 Å². The fourth-order valence-corrected chi connectivity index (χ4v) is 4.41. The van der Waals surface area contributed by atoms with E-state index in [0.717, 1.165) is 29.2 Å². The van der Waals surface area contributed by atoms with E-state index in [0.29, 0.717) is 11.3 Å². The minimum Gasteiger partial charge on any atom is -0.444 e. The maximum absolute atomic E-state index is 13.9. The van der Waals surface area contributed by atoms with Crippen molar-refractivity contribution in [3.05, 3.63) is 84.4 Å². The molecule has 38 heavy (non-hydrogen) atoms. The van der Waals surface area contributed by atoms with Crippen LogP contribution < -0.4 is 10.6 Å². The monoisotopic (exact) mass is 513 g/mol. The first-order valence-corrected chi connectivity index (χ1v) is 12.9. The zero-order chi connectivity index (χ0) is 27.4. The van der Waals surface area contributed by atoms with Crippen LogP contribution in [0.4, 0.5) is 10.5 Å². The summed E-state index contributed by atoms with van der Waals surface area (Å²) in [5.74, 6) is -0.674. The van der Waals surface area contributed by atoms with Crippen LogP contribution in [0, 0.1) is 0 Å². The second kappa shape index (κ2) is 11.1. The van der Waals surface area contributed by atoms with Crippen molar-refractivity contribution in [1.29, 1.82) is 0 Å². The molecule has 0 radical (unpaired) electrons. The van der Waals surface area contributed by atoms with E-state index in [1.807, 2.05) is 66.7 Å². The molecule has 1 fully saturated rings. The number of benzene rings is 3. The maximum Gasteiger partial charge on any atom is 0.408 e. The molecule has 2 atom stereocenters. The second-order valence-corrected chi connectivity index (χ2v) is 10.7. The van der Waals surface area contributed by atoms with Crippen molar-refractivity contribution in [1.82, 2.24) is 10.2 Å². The molecule has 0 aromatic heterocycles. The molecule has 2 unspecified atom stereocenters. The van der Waals surface area contributed by atoms with E-state index < -0.39 is 23.8 Å². The van der Waals surface area contributed by atoms with E-state index in [2.05, 4.69) is 17.2 Å². The van der Waals surface area contributed by atoms with Crippen LogP contribution in [0.3, 0.4) is 0 Å². The molecule has 3 amide bonds. The lowest BCUT2D eigenvalue weighted by Gasteiger charge is -2.34. The molecule has 7 heteroatoms. The highest BCUT2D eigenvalue weighted by atomic mass is 16.6. The molecule has 1 saturated carbocycles. The fourth-order valence-electron chi connectivity index (χ4n) is 4.41. The van der Waals surface area contributed by atoms with E-state index in [-0.39, 0.29) is 17.9 Å². The summed E-state index contributed by atoms with van der Waals surface area (Å²) in [4.78, 5) is 41.7. The highest BCUT2D eigenvalue weighted by Crippen LogP contribution is 2.36. The Morgan fingerprint density at radius 2 is 1.71 bits per heavy atom. The third-order valence-electron chi connectivity index (χ3n) is 6.30. The first-order valence-electron chi connectivity index (χ1n) is 12.9. The smallest absolute Gasteiger partial charge is 0.408 e. The van der Waals surface area contributed by atoms with E-state index in [9.17, 15) is 14.4 Å². The number of rotatable bonds is 8. The Hall–Kier alpha value is -4.13. The SMILES string of the molecule is C=Cc1cccc(C(C(=O)Nc2ccc3ccccc3c2)N(C(=O)C(C)NC(=O)OC(C)(C)C)C2CC2)c1. The quantitative estimate of drug-likeness (QED) is 0.383. The number of carbonyl (C=O) groups excluding carboxylic acids is 3. The first-order chi connectivity index (χ1) is 18.1. The molecule has 0 spiro atoms. The molecular weight excluding hydrogens is 478 g/mol. The summed E-state index contributed by atoms with van der Waals surface area (Å²) in [6, 6.07) is 19.2. The number of hydrogen-bond acceptors (Lipinski definition) is 4. The number of ether oxygens (including phenoxy) is 1. The molecular formula is C31H35N3O4. The minimum atomic E-state index is -0.899. The predicted octanol–water partition coefficient (Wildman–Crippen LogP) is 6.07.